The molecule has 0 aromatic heterocycles. The van der Waals surface area contributed by atoms with Crippen molar-refractivity contribution in [3.8, 4) is 0 Å². The van der Waals surface area contributed by atoms with E-state index in [2.05, 4.69) is 44.8 Å². The van der Waals surface area contributed by atoms with Gasteiger partial charge in [0.2, 0.25) is 0 Å². The van der Waals surface area contributed by atoms with Gasteiger partial charge in [0, 0.05) is 31.2 Å². The van der Waals surface area contributed by atoms with Gasteiger partial charge in [0.25, 0.3) is 0 Å². The van der Waals surface area contributed by atoms with Crippen LogP contribution in [-0.2, 0) is 0 Å². The maximum Gasteiger partial charge on any atom is 0.0278 e. The van der Waals surface area contributed by atoms with Gasteiger partial charge in [-0.15, -0.1) is 0 Å². The second-order valence-electron chi connectivity index (χ2n) is 8.33. The summed E-state index contributed by atoms with van der Waals surface area (Å²) in [7, 11) is 0. The van der Waals surface area contributed by atoms with Crippen LogP contribution >= 0.6 is 0 Å². The zero-order valence-corrected chi connectivity index (χ0v) is 15.1. The molecule has 1 aliphatic carbocycles. The molecule has 2 aliphatic rings. The van der Waals surface area contributed by atoms with Crippen LogP contribution in [-0.4, -0.2) is 36.1 Å². The minimum Gasteiger partial charge on any atom is -0.309 e. The van der Waals surface area contributed by atoms with E-state index in [-0.39, 0.29) is 0 Å². The summed E-state index contributed by atoms with van der Waals surface area (Å²) in [6, 6.07) is 0.730. The van der Waals surface area contributed by atoms with Gasteiger partial charge in [-0.25, -0.2) is 0 Å². The molecule has 0 radical (unpaired) electrons. The SMILES string of the molecule is CCC1CCC(CN2CC(C)(CC)NCC2C(C)C)CC1. The van der Waals surface area contributed by atoms with Crippen LogP contribution in [0.1, 0.15) is 73.1 Å². The molecule has 0 bridgehead atoms. The van der Waals surface area contributed by atoms with E-state index in [1.165, 1.54) is 58.2 Å². The molecule has 1 saturated carbocycles. The molecule has 0 aromatic carbocycles. The lowest BCUT2D eigenvalue weighted by molar-refractivity contribution is 0.0391. The molecule has 1 aliphatic heterocycles. The number of hydrogen-bond donors (Lipinski definition) is 1. The minimum absolute atomic E-state index is 0.325. The Morgan fingerprint density at radius 2 is 1.71 bits per heavy atom. The van der Waals surface area contributed by atoms with Gasteiger partial charge in [0.05, 0.1) is 0 Å². The Labute approximate surface area is 133 Å². The highest BCUT2D eigenvalue weighted by molar-refractivity contribution is 4.96. The number of rotatable bonds is 5. The summed E-state index contributed by atoms with van der Waals surface area (Å²) in [6.07, 6.45) is 8.52. The molecule has 21 heavy (non-hydrogen) atoms. The molecule has 0 spiro atoms. The second-order valence-corrected chi connectivity index (χ2v) is 8.33. The molecule has 2 unspecified atom stereocenters. The Hall–Kier alpha value is -0.0800. The van der Waals surface area contributed by atoms with E-state index in [1.54, 1.807) is 0 Å². The van der Waals surface area contributed by atoms with Crippen LogP contribution in [0.5, 0.6) is 0 Å². The first kappa shape index (κ1) is 17.3. The van der Waals surface area contributed by atoms with Crippen molar-refractivity contribution >= 4 is 0 Å². The average molecular weight is 295 g/mol. The molecular weight excluding hydrogens is 256 g/mol. The highest BCUT2D eigenvalue weighted by Gasteiger charge is 2.36. The van der Waals surface area contributed by atoms with Crippen molar-refractivity contribution in [1.29, 1.82) is 0 Å². The zero-order chi connectivity index (χ0) is 15.5. The van der Waals surface area contributed by atoms with Crippen molar-refractivity contribution in [3.05, 3.63) is 0 Å². The van der Waals surface area contributed by atoms with Crippen molar-refractivity contribution in [3.63, 3.8) is 0 Å². The summed E-state index contributed by atoms with van der Waals surface area (Å²) in [5, 5.41) is 3.82. The Kier molecular flexibility index (Phi) is 6.14. The average Bonchev–Trinajstić information content (AvgIpc) is 2.48. The van der Waals surface area contributed by atoms with E-state index >= 15 is 0 Å². The topological polar surface area (TPSA) is 15.3 Å². The fraction of sp³-hybridized carbons (Fsp3) is 1.00. The summed E-state index contributed by atoms with van der Waals surface area (Å²) in [6.45, 7) is 15.6. The predicted octanol–water partition coefficient (Wildman–Crippen LogP) is 4.30. The maximum absolute atomic E-state index is 3.82. The highest BCUT2D eigenvalue weighted by atomic mass is 15.3. The van der Waals surface area contributed by atoms with Crippen molar-refractivity contribution in [2.75, 3.05) is 19.6 Å². The van der Waals surface area contributed by atoms with E-state index in [0.29, 0.717) is 5.54 Å². The van der Waals surface area contributed by atoms with Crippen molar-refractivity contribution < 1.29 is 0 Å². The molecule has 1 heterocycles. The van der Waals surface area contributed by atoms with E-state index < -0.39 is 0 Å². The van der Waals surface area contributed by atoms with Crippen LogP contribution in [0.2, 0.25) is 0 Å². The molecule has 0 aromatic rings. The number of piperazine rings is 1. The standard InChI is InChI=1S/C19H38N2/c1-6-16-8-10-17(11-9-16)13-21-14-19(5,7-2)20-12-18(21)15(3)4/h15-18,20H,6-14H2,1-5H3. The molecule has 2 atom stereocenters. The molecular formula is C19H38N2. The first-order valence-electron chi connectivity index (χ1n) is 9.46. The number of nitrogens with one attached hydrogen (secondary N) is 1. The normalized spacial score (nSPS) is 38.9. The van der Waals surface area contributed by atoms with Crippen molar-refractivity contribution in [2.45, 2.75) is 84.7 Å². The third kappa shape index (κ3) is 4.45. The lowest BCUT2D eigenvalue weighted by Crippen LogP contribution is -2.64. The van der Waals surface area contributed by atoms with Gasteiger partial charge < -0.3 is 5.32 Å². The number of hydrogen-bond acceptors (Lipinski definition) is 2. The summed E-state index contributed by atoms with van der Waals surface area (Å²) in [5.74, 6) is 2.73. The fourth-order valence-electron chi connectivity index (χ4n) is 4.35. The van der Waals surface area contributed by atoms with Gasteiger partial charge in [0.15, 0.2) is 0 Å². The predicted molar refractivity (Wildman–Crippen MR) is 92.6 cm³/mol. The fourth-order valence-corrected chi connectivity index (χ4v) is 4.35. The van der Waals surface area contributed by atoms with Crippen LogP contribution < -0.4 is 5.32 Å². The summed E-state index contributed by atoms with van der Waals surface area (Å²) in [5.41, 5.74) is 0.325. The second kappa shape index (κ2) is 7.46. The van der Waals surface area contributed by atoms with Gasteiger partial charge in [-0.05, 0) is 43.9 Å². The molecule has 2 nitrogen and oxygen atoms in total. The Morgan fingerprint density at radius 1 is 1.10 bits per heavy atom. The van der Waals surface area contributed by atoms with Gasteiger partial charge in [-0.3, -0.25) is 4.90 Å². The van der Waals surface area contributed by atoms with E-state index in [9.17, 15) is 0 Å². The van der Waals surface area contributed by atoms with Gasteiger partial charge in [0.1, 0.15) is 0 Å². The summed E-state index contributed by atoms with van der Waals surface area (Å²) >= 11 is 0. The zero-order valence-electron chi connectivity index (χ0n) is 15.1. The lowest BCUT2D eigenvalue weighted by Gasteiger charge is -2.49. The van der Waals surface area contributed by atoms with Crippen LogP contribution in [0.4, 0.5) is 0 Å². The first-order valence-corrected chi connectivity index (χ1v) is 9.46. The highest BCUT2D eigenvalue weighted by Crippen LogP contribution is 2.33. The van der Waals surface area contributed by atoms with Crippen molar-refractivity contribution in [2.24, 2.45) is 17.8 Å². The van der Waals surface area contributed by atoms with E-state index in [4.69, 9.17) is 0 Å². The molecule has 0 amide bonds. The molecule has 2 heteroatoms. The summed E-state index contributed by atoms with van der Waals surface area (Å²) < 4.78 is 0. The maximum atomic E-state index is 3.82. The van der Waals surface area contributed by atoms with Crippen molar-refractivity contribution in [1.82, 2.24) is 10.2 Å². The third-order valence-corrected chi connectivity index (χ3v) is 6.35. The van der Waals surface area contributed by atoms with Gasteiger partial charge in [-0.1, -0.05) is 47.0 Å². The van der Waals surface area contributed by atoms with Crippen LogP contribution in [0.3, 0.4) is 0 Å². The molecule has 2 rings (SSSR count). The quantitative estimate of drug-likeness (QED) is 0.813. The third-order valence-electron chi connectivity index (χ3n) is 6.35. The molecule has 1 saturated heterocycles. The minimum atomic E-state index is 0.325. The van der Waals surface area contributed by atoms with Crippen LogP contribution in [0.25, 0.3) is 0 Å². The molecule has 1 N–H and O–H groups in total. The first-order chi connectivity index (χ1) is 9.97. The van der Waals surface area contributed by atoms with Crippen LogP contribution in [0, 0.1) is 17.8 Å². The molecule has 124 valence electrons. The lowest BCUT2D eigenvalue weighted by atomic mass is 9.80. The Morgan fingerprint density at radius 3 is 2.24 bits per heavy atom. The molecule has 2 fully saturated rings. The monoisotopic (exact) mass is 294 g/mol. The largest absolute Gasteiger partial charge is 0.309 e. The van der Waals surface area contributed by atoms with Gasteiger partial charge >= 0.3 is 0 Å². The summed E-state index contributed by atoms with van der Waals surface area (Å²) in [4.78, 5) is 2.83. The van der Waals surface area contributed by atoms with E-state index in [1.807, 2.05) is 0 Å². The van der Waals surface area contributed by atoms with Crippen LogP contribution in [0.15, 0.2) is 0 Å². The smallest absolute Gasteiger partial charge is 0.0278 e. The Balaban J connectivity index is 1.93. The van der Waals surface area contributed by atoms with Gasteiger partial charge in [-0.2, -0.15) is 0 Å². The van der Waals surface area contributed by atoms with E-state index in [0.717, 1.165) is 23.8 Å². The number of nitrogens with zero attached hydrogens (tertiary/aromatic N) is 1. The Bertz CT molecular complexity index is 307.